The van der Waals surface area contributed by atoms with E-state index in [0.29, 0.717) is 17.0 Å². The number of Topliss-reactive ketones (excluding diaryl/α,β-unsaturated/α-hetero) is 1. The lowest BCUT2D eigenvalue weighted by molar-refractivity contribution is -0.123. The van der Waals surface area contributed by atoms with Gasteiger partial charge in [-0.2, -0.15) is 0 Å². The molecule has 6 heteroatoms. The van der Waals surface area contributed by atoms with Crippen LogP contribution >= 0.6 is 11.6 Å². The molecule has 0 bridgehead atoms. The summed E-state index contributed by atoms with van der Waals surface area (Å²) in [5, 5.41) is 2.72. The highest BCUT2D eigenvalue weighted by atomic mass is 35.5. The first-order valence-electron chi connectivity index (χ1n) is 7.69. The first-order chi connectivity index (χ1) is 11.7. The zero-order valence-corrected chi connectivity index (χ0v) is 15.0. The van der Waals surface area contributed by atoms with Gasteiger partial charge in [0.05, 0.1) is 5.02 Å². The van der Waals surface area contributed by atoms with E-state index in [1.807, 2.05) is 20.8 Å². The summed E-state index contributed by atoms with van der Waals surface area (Å²) in [5.41, 5.74) is 0.559. The van der Waals surface area contributed by atoms with Crippen molar-refractivity contribution in [2.24, 2.45) is 5.41 Å². The standard InChI is InChI=1S/C19H19ClFNO3/c1-19(2,3)18(24)22-13-6-4-12(5-7-13)17(23)11-25-14-8-9-16(21)15(20)10-14/h4-10H,11H2,1-3H3,(H,22,24). The van der Waals surface area contributed by atoms with Crippen LogP contribution in [-0.2, 0) is 4.79 Å². The van der Waals surface area contributed by atoms with Crippen molar-refractivity contribution in [1.82, 2.24) is 0 Å². The lowest BCUT2D eigenvalue weighted by atomic mass is 9.95. The Morgan fingerprint density at radius 1 is 1.12 bits per heavy atom. The van der Waals surface area contributed by atoms with Crippen molar-refractivity contribution in [3.63, 3.8) is 0 Å². The van der Waals surface area contributed by atoms with E-state index in [4.69, 9.17) is 16.3 Å². The van der Waals surface area contributed by atoms with Gasteiger partial charge in [-0.05, 0) is 36.4 Å². The van der Waals surface area contributed by atoms with Gasteiger partial charge in [-0.1, -0.05) is 32.4 Å². The van der Waals surface area contributed by atoms with E-state index in [1.165, 1.54) is 18.2 Å². The van der Waals surface area contributed by atoms with Crippen molar-refractivity contribution in [1.29, 1.82) is 0 Å². The molecule has 0 saturated heterocycles. The second-order valence-electron chi connectivity index (χ2n) is 6.57. The van der Waals surface area contributed by atoms with Crippen molar-refractivity contribution >= 4 is 29.0 Å². The topological polar surface area (TPSA) is 55.4 Å². The second kappa shape index (κ2) is 7.66. The molecule has 25 heavy (non-hydrogen) atoms. The summed E-state index contributed by atoms with van der Waals surface area (Å²) in [6, 6.07) is 10.4. The Labute approximate surface area is 150 Å². The molecule has 0 atom stereocenters. The van der Waals surface area contributed by atoms with Crippen LogP contribution in [0.15, 0.2) is 42.5 Å². The third kappa shape index (κ3) is 5.29. The van der Waals surface area contributed by atoms with Gasteiger partial charge in [0.15, 0.2) is 12.4 Å². The van der Waals surface area contributed by atoms with E-state index in [1.54, 1.807) is 24.3 Å². The summed E-state index contributed by atoms with van der Waals surface area (Å²) in [4.78, 5) is 24.1. The van der Waals surface area contributed by atoms with Crippen LogP contribution in [0, 0.1) is 11.2 Å². The molecular formula is C19H19ClFNO3. The summed E-state index contributed by atoms with van der Waals surface area (Å²) >= 11 is 5.66. The van der Waals surface area contributed by atoms with Crippen LogP contribution in [0.5, 0.6) is 5.75 Å². The SMILES string of the molecule is CC(C)(C)C(=O)Nc1ccc(C(=O)COc2ccc(F)c(Cl)c2)cc1. The Hall–Kier alpha value is -2.40. The van der Waals surface area contributed by atoms with Gasteiger partial charge in [-0.3, -0.25) is 9.59 Å². The molecule has 0 heterocycles. The molecule has 0 unspecified atom stereocenters. The first-order valence-corrected chi connectivity index (χ1v) is 8.07. The average molecular weight is 364 g/mol. The first kappa shape index (κ1) is 18.9. The minimum Gasteiger partial charge on any atom is -0.485 e. The molecule has 132 valence electrons. The highest BCUT2D eigenvalue weighted by Gasteiger charge is 2.21. The van der Waals surface area contributed by atoms with Crippen LogP contribution in [0.3, 0.4) is 0 Å². The third-order valence-electron chi connectivity index (χ3n) is 3.41. The average Bonchev–Trinajstić information content (AvgIpc) is 2.55. The molecule has 0 aromatic heterocycles. The quantitative estimate of drug-likeness (QED) is 0.781. The van der Waals surface area contributed by atoms with Gasteiger partial charge in [-0.15, -0.1) is 0 Å². The number of hydrogen-bond donors (Lipinski definition) is 1. The molecular weight excluding hydrogens is 345 g/mol. The van der Waals surface area contributed by atoms with E-state index in [-0.39, 0.29) is 23.3 Å². The van der Waals surface area contributed by atoms with Gasteiger partial charge in [-0.25, -0.2) is 4.39 Å². The second-order valence-corrected chi connectivity index (χ2v) is 6.98. The largest absolute Gasteiger partial charge is 0.485 e. The fourth-order valence-corrected chi connectivity index (χ4v) is 2.03. The molecule has 4 nitrogen and oxygen atoms in total. The van der Waals surface area contributed by atoms with Gasteiger partial charge in [0.1, 0.15) is 11.6 Å². The van der Waals surface area contributed by atoms with Crippen molar-refractivity contribution in [2.75, 3.05) is 11.9 Å². The van der Waals surface area contributed by atoms with Gasteiger partial charge in [0.25, 0.3) is 0 Å². The third-order valence-corrected chi connectivity index (χ3v) is 3.70. The lowest BCUT2D eigenvalue weighted by Crippen LogP contribution is -2.27. The molecule has 0 spiro atoms. The van der Waals surface area contributed by atoms with Crippen LogP contribution in [0.2, 0.25) is 5.02 Å². The van der Waals surface area contributed by atoms with E-state index in [9.17, 15) is 14.0 Å². The maximum Gasteiger partial charge on any atom is 0.229 e. The van der Waals surface area contributed by atoms with Crippen LogP contribution in [0.25, 0.3) is 0 Å². The lowest BCUT2D eigenvalue weighted by Gasteiger charge is -2.17. The van der Waals surface area contributed by atoms with E-state index >= 15 is 0 Å². The Bertz CT molecular complexity index is 782. The summed E-state index contributed by atoms with van der Waals surface area (Å²) in [5.74, 6) is -0.584. The number of nitrogens with one attached hydrogen (secondary N) is 1. The summed E-state index contributed by atoms with van der Waals surface area (Å²) in [7, 11) is 0. The van der Waals surface area contributed by atoms with Crippen LogP contribution in [0.1, 0.15) is 31.1 Å². The highest BCUT2D eigenvalue weighted by molar-refractivity contribution is 6.30. The van der Waals surface area contributed by atoms with Gasteiger partial charge < -0.3 is 10.1 Å². The van der Waals surface area contributed by atoms with Crippen LogP contribution in [0.4, 0.5) is 10.1 Å². The number of ketones is 1. The predicted octanol–water partition coefficient (Wildman–Crippen LogP) is 4.73. The molecule has 1 N–H and O–H groups in total. The van der Waals surface area contributed by atoms with E-state index < -0.39 is 11.2 Å². The molecule has 2 aromatic rings. The van der Waals surface area contributed by atoms with Crippen LogP contribution < -0.4 is 10.1 Å². The minimum absolute atomic E-state index is 0.0658. The Morgan fingerprint density at radius 2 is 1.76 bits per heavy atom. The summed E-state index contributed by atoms with van der Waals surface area (Å²) in [6.07, 6.45) is 0. The smallest absolute Gasteiger partial charge is 0.229 e. The van der Waals surface area contributed by atoms with Crippen molar-refractivity contribution in [2.45, 2.75) is 20.8 Å². The van der Waals surface area contributed by atoms with Gasteiger partial charge in [0.2, 0.25) is 5.91 Å². The van der Waals surface area contributed by atoms with Crippen molar-refractivity contribution in [3.8, 4) is 5.75 Å². The van der Waals surface area contributed by atoms with Crippen molar-refractivity contribution < 1.29 is 18.7 Å². The number of anilines is 1. The summed E-state index contributed by atoms with van der Waals surface area (Å²) < 4.78 is 18.4. The molecule has 1 amide bonds. The molecule has 0 aliphatic rings. The van der Waals surface area contributed by atoms with E-state index in [2.05, 4.69) is 5.32 Å². The fraction of sp³-hybridized carbons (Fsp3) is 0.263. The highest BCUT2D eigenvalue weighted by Crippen LogP contribution is 2.21. The van der Waals surface area contributed by atoms with Crippen molar-refractivity contribution in [3.05, 3.63) is 58.9 Å². The maximum atomic E-state index is 13.1. The minimum atomic E-state index is -0.548. The van der Waals surface area contributed by atoms with Gasteiger partial charge in [0, 0.05) is 22.7 Å². The maximum absolute atomic E-state index is 13.1. The zero-order chi connectivity index (χ0) is 18.6. The molecule has 0 radical (unpaired) electrons. The number of rotatable bonds is 5. The Balaban J connectivity index is 1.96. The Kier molecular flexibility index (Phi) is 5.80. The number of carbonyl (C=O) groups excluding carboxylic acids is 2. The Morgan fingerprint density at radius 3 is 2.32 bits per heavy atom. The molecule has 2 rings (SSSR count). The fourth-order valence-electron chi connectivity index (χ4n) is 1.86. The number of carbonyl (C=O) groups is 2. The molecule has 0 aliphatic heterocycles. The summed E-state index contributed by atoms with van der Waals surface area (Å²) in [6.45, 7) is 5.26. The zero-order valence-electron chi connectivity index (χ0n) is 14.2. The predicted molar refractivity (Wildman–Crippen MR) is 95.8 cm³/mol. The number of ether oxygens (including phenoxy) is 1. The number of benzene rings is 2. The van der Waals surface area contributed by atoms with Crippen LogP contribution in [-0.4, -0.2) is 18.3 Å². The van der Waals surface area contributed by atoms with E-state index in [0.717, 1.165) is 0 Å². The van der Waals surface area contributed by atoms with Gasteiger partial charge >= 0.3 is 0 Å². The normalized spacial score (nSPS) is 11.1. The number of amides is 1. The number of hydrogen-bond acceptors (Lipinski definition) is 3. The number of halogens is 2. The molecule has 0 saturated carbocycles. The monoisotopic (exact) mass is 363 g/mol. The molecule has 0 aliphatic carbocycles. The molecule has 0 fully saturated rings. The molecule has 2 aromatic carbocycles.